The number of rotatable bonds is 2. The maximum Gasteiger partial charge on any atom is -0.00202 e. The summed E-state index contributed by atoms with van der Waals surface area (Å²) in [4.78, 5) is 0. The first-order valence-electron chi connectivity index (χ1n) is 8.74. The van der Waals surface area contributed by atoms with Crippen molar-refractivity contribution >= 4 is 0 Å². The molecule has 0 aliphatic heterocycles. The molecule has 0 aromatic heterocycles. The fourth-order valence-corrected chi connectivity index (χ4v) is 5.25. The van der Waals surface area contributed by atoms with E-state index in [1.165, 1.54) is 37.7 Å². The Hall–Kier alpha value is -0.820. The van der Waals surface area contributed by atoms with Crippen LogP contribution in [0.1, 0.15) is 76.0 Å². The third-order valence-electron chi connectivity index (χ3n) is 6.63. The van der Waals surface area contributed by atoms with Crippen molar-refractivity contribution < 1.29 is 0 Å². The molecule has 3 rings (SSSR count). The van der Waals surface area contributed by atoms with Crippen LogP contribution in [-0.2, 0) is 11.8 Å². The standard InChI is InChI=1S/C20H31N/c1-14(2)15-6-8-17-16(12-15)7-9-18-19(3,13-21)10-5-11-20(17,18)4/h6,8,12,14,18H,5,7,9-11,13,21H2,1-4H3/t18-,19-,20-/m0/s1. The summed E-state index contributed by atoms with van der Waals surface area (Å²) in [7, 11) is 0. The molecule has 1 aromatic carbocycles. The molecule has 0 unspecified atom stereocenters. The van der Waals surface area contributed by atoms with Crippen LogP contribution in [-0.4, -0.2) is 6.54 Å². The van der Waals surface area contributed by atoms with E-state index in [2.05, 4.69) is 45.9 Å². The number of fused-ring (bicyclic) bond motifs is 3. The predicted octanol–water partition coefficient (Wildman–Crippen LogP) is 4.78. The quantitative estimate of drug-likeness (QED) is 0.831. The van der Waals surface area contributed by atoms with Crippen LogP contribution in [0.2, 0.25) is 0 Å². The Morgan fingerprint density at radius 1 is 1.24 bits per heavy atom. The predicted molar refractivity (Wildman–Crippen MR) is 90.7 cm³/mol. The second kappa shape index (κ2) is 5.12. The van der Waals surface area contributed by atoms with Gasteiger partial charge in [0.05, 0.1) is 0 Å². The normalized spacial score (nSPS) is 35.4. The summed E-state index contributed by atoms with van der Waals surface area (Å²) < 4.78 is 0. The Morgan fingerprint density at radius 2 is 2.00 bits per heavy atom. The maximum absolute atomic E-state index is 6.19. The van der Waals surface area contributed by atoms with Crippen LogP contribution < -0.4 is 5.73 Å². The summed E-state index contributed by atoms with van der Waals surface area (Å²) in [5, 5.41) is 0. The van der Waals surface area contributed by atoms with E-state index in [9.17, 15) is 0 Å². The lowest BCUT2D eigenvalue weighted by molar-refractivity contribution is 0.0326. The van der Waals surface area contributed by atoms with E-state index in [0.29, 0.717) is 16.7 Å². The molecule has 1 nitrogen and oxygen atoms in total. The van der Waals surface area contributed by atoms with Crippen molar-refractivity contribution in [1.82, 2.24) is 0 Å². The van der Waals surface area contributed by atoms with Crippen molar-refractivity contribution in [2.24, 2.45) is 17.1 Å². The molecule has 116 valence electrons. The SMILES string of the molecule is CC(C)c1ccc2c(c1)CC[C@H]1[C@](C)(CN)CCC[C@@]21C. The van der Waals surface area contributed by atoms with Gasteiger partial charge in [-0.3, -0.25) is 0 Å². The van der Waals surface area contributed by atoms with Gasteiger partial charge in [0, 0.05) is 0 Å². The Balaban J connectivity index is 2.05. The number of hydrogen-bond acceptors (Lipinski definition) is 1. The highest BCUT2D eigenvalue weighted by atomic mass is 14.7. The van der Waals surface area contributed by atoms with Gasteiger partial charge in [0.25, 0.3) is 0 Å². The molecule has 0 amide bonds. The van der Waals surface area contributed by atoms with E-state index in [4.69, 9.17) is 5.73 Å². The molecule has 1 heteroatoms. The third-order valence-corrected chi connectivity index (χ3v) is 6.63. The van der Waals surface area contributed by atoms with E-state index in [-0.39, 0.29) is 0 Å². The van der Waals surface area contributed by atoms with Gasteiger partial charge in [-0.1, -0.05) is 52.3 Å². The molecule has 0 radical (unpaired) electrons. The molecular weight excluding hydrogens is 254 g/mol. The van der Waals surface area contributed by atoms with Crippen molar-refractivity contribution in [3.05, 3.63) is 34.9 Å². The van der Waals surface area contributed by atoms with Gasteiger partial charge in [-0.05, 0) is 71.6 Å². The second-order valence-corrected chi connectivity index (χ2v) is 8.29. The average molecular weight is 285 g/mol. The average Bonchev–Trinajstić information content (AvgIpc) is 2.46. The molecule has 21 heavy (non-hydrogen) atoms. The number of nitrogens with two attached hydrogens (primary N) is 1. The summed E-state index contributed by atoms with van der Waals surface area (Å²) in [6.07, 6.45) is 6.53. The van der Waals surface area contributed by atoms with Crippen LogP contribution >= 0.6 is 0 Å². The van der Waals surface area contributed by atoms with Gasteiger partial charge in [0.1, 0.15) is 0 Å². The zero-order chi connectivity index (χ0) is 15.3. The molecule has 0 saturated heterocycles. The van der Waals surface area contributed by atoms with Crippen LogP contribution in [0.25, 0.3) is 0 Å². The van der Waals surface area contributed by atoms with Crippen molar-refractivity contribution in [2.45, 2.75) is 71.1 Å². The first-order chi connectivity index (χ1) is 9.90. The molecule has 2 aliphatic rings. The molecule has 0 spiro atoms. The Morgan fingerprint density at radius 3 is 2.67 bits per heavy atom. The minimum Gasteiger partial charge on any atom is -0.330 e. The van der Waals surface area contributed by atoms with Crippen molar-refractivity contribution in [3.63, 3.8) is 0 Å². The smallest absolute Gasteiger partial charge is 0.00202 e. The van der Waals surface area contributed by atoms with E-state index < -0.39 is 0 Å². The summed E-state index contributed by atoms with van der Waals surface area (Å²) in [6.45, 7) is 10.4. The Bertz CT molecular complexity index is 533. The summed E-state index contributed by atoms with van der Waals surface area (Å²) >= 11 is 0. The van der Waals surface area contributed by atoms with Gasteiger partial charge in [-0.25, -0.2) is 0 Å². The van der Waals surface area contributed by atoms with Gasteiger partial charge in [-0.15, -0.1) is 0 Å². The lowest BCUT2D eigenvalue weighted by Gasteiger charge is -2.55. The van der Waals surface area contributed by atoms with Crippen LogP contribution in [0.15, 0.2) is 18.2 Å². The maximum atomic E-state index is 6.19. The summed E-state index contributed by atoms with van der Waals surface area (Å²) in [5.41, 5.74) is 11.6. The molecule has 2 N–H and O–H groups in total. The van der Waals surface area contributed by atoms with Crippen LogP contribution in [0.3, 0.4) is 0 Å². The first-order valence-corrected chi connectivity index (χ1v) is 8.74. The molecule has 0 heterocycles. The van der Waals surface area contributed by atoms with Gasteiger partial charge >= 0.3 is 0 Å². The van der Waals surface area contributed by atoms with E-state index in [1.54, 1.807) is 11.1 Å². The lowest BCUT2D eigenvalue weighted by atomic mass is 9.50. The molecule has 1 fully saturated rings. The fraction of sp³-hybridized carbons (Fsp3) is 0.700. The minimum absolute atomic E-state index is 0.335. The van der Waals surface area contributed by atoms with Crippen molar-refractivity contribution in [2.75, 3.05) is 6.54 Å². The van der Waals surface area contributed by atoms with Crippen LogP contribution in [0, 0.1) is 11.3 Å². The number of aryl methyl sites for hydroxylation is 1. The van der Waals surface area contributed by atoms with Gasteiger partial charge < -0.3 is 5.73 Å². The molecular formula is C20H31N. The monoisotopic (exact) mass is 285 g/mol. The second-order valence-electron chi connectivity index (χ2n) is 8.29. The van der Waals surface area contributed by atoms with E-state index >= 15 is 0 Å². The van der Waals surface area contributed by atoms with Crippen molar-refractivity contribution in [3.8, 4) is 0 Å². The molecule has 0 bridgehead atoms. The third kappa shape index (κ3) is 2.25. The largest absolute Gasteiger partial charge is 0.330 e. The van der Waals surface area contributed by atoms with Crippen LogP contribution in [0.5, 0.6) is 0 Å². The van der Waals surface area contributed by atoms with Crippen molar-refractivity contribution in [1.29, 1.82) is 0 Å². The van der Waals surface area contributed by atoms with E-state index in [1.807, 2.05) is 0 Å². The Kier molecular flexibility index (Phi) is 3.68. The summed E-state index contributed by atoms with van der Waals surface area (Å²) in [5.74, 6) is 1.38. The highest BCUT2D eigenvalue weighted by molar-refractivity contribution is 5.42. The highest BCUT2D eigenvalue weighted by Crippen LogP contribution is 2.56. The fourth-order valence-electron chi connectivity index (χ4n) is 5.25. The molecule has 2 aliphatic carbocycles. The molecule has 1 aromatic rings. The number of benzene rings is 1. The zero-order valence-electron chi connectivity index (χ0n) is 14.2. The topological polar surface area (TPSA) is 26.0 Å². The van der Waals surface area contributed by atoms with Gasteiger partial charge in [-0.2, -0.15) is 0 Å². The zero-order valence-corrected chi connectivity index (χ0v) is 14.2. The Labute approximate surface area is 130 Å². The minimum atomic E-state index is 0.335. The molecule has 3 atom stereocenters. The highest BCUT2D eigenvalue weighted by Gasteiger charge is 2.50. The summed E-state index contributed by atoms with van der Waals surface area (Å²) in [6, 6.07) is 7.29. The van der Waals surface area contributed by atoms with E-state index in [0.717, 1.165) is 12.5 Å². The lowest BCUT2D eigenvalue weighted by Crippen LogP contribution is -2.51. The van der Waals surface area contributed by atoms with Gasteiger partial charge in [0.15, 0.2) is 0 Å². The van der Waals surface area contributed by atoms with Gasteiger partial charge in [0.2, 0.25) is 0 Å². The first kappa shape index (κ1) is 15.1. The van der Waals surface area contributed by atoms with Crippen LogP contribution in [0.4, 0.5) is 0 Å². The molecule has 1 saturated carbocycles. The number of hydrogen-bond donors (Lipinski definition) is 1.